The normalized spacial score (nSPS) is 10.7. The van der Waals surface area contributed by atoms with Crippen LogP contribution in [0.2, 0.25) is 5.02 Å². The fraction of sp³-hybridized carbons (Fsp3) is 0.300. The average Bonchev–Trinajstić information content (AvgIpc) is 2.66. The number of aliphatic imine (C=N–C) groups is 1. The first-order chi connectivity index (χ1) is 12.7. The zero-order valence-corrected chi connectivity index (χ0v) is 18.5. The van der Waals surface area contributed by atoms with Gasteiger partial charge in [0.25, 0.3) is 0 Å². The van der Waals surface area contributed by atoms with Crippen molar-refractivity contribution in [1.29, 1.82) is 0 Å². The molecule has 0 heterocycles. The largest absolute Gasteiger partial charge is 0.357 e. The predicted octanol–water partition coefficient (Wildman–Crippen LogP) is 3.72. The number of nitrogens with zero attached hydrogens (tertiary/aromatic N) is 1. The quantitative estimate of drug-likeness (QED) is 0.294. The van der Waals surface area contributed by atoms with Crippen LogP contribution in [0, 0.1) is 0 Å². The van der Waals surface area contributed by atoms with Crippen LogP contribution in [0.4, 0.5) is 0 Å². The van der Waals surface area contributed by atoms with Crippen LogP contribution in [0.1, 0.15) is 24.5 Å². The van der Waals surface area contributed by atoms with E-state index in [9.17, 15) is 4.79 Å². The lowest BCUT2D eigenvalue weighted by molar-refractivity contribution is -0.121. The molecule has 0 aliphatic heterocycles. The van der Waals surface area contributed by atoms with Crippen LogP contribution in [-0.2, 0) is 17.9 Å². The van der Waals surface area contributed by atoms with Gasteiger partial charge in [-0.05, 0) is 30.2 Å². The summed E-state index contributed by atoms with van der Waals surface area (Å²) in [7, 11) is 0. The number of amides is 1. The van der Waals surface area contributed by atoms with Gasteiger partial charge in [0, 0.05) is 31.1 Å². The Bertz CT molecular complexity index is 708. The number of hydrogen-bond acceptors (Lipinski definition) is 2. The molecule has 3 N–H and O–H groups in total. The van der Waals surface area contributed by atoms with E-state index >= 15 is 0 Å². The Hall–Kier alpha value is -1.80. The summed E-state index contributed by atoms with van der Waals surface area (Å²) in [6, 6.07) is 17.5. The first-order valence-corrected chi connectivity index (χ1v) is 9.12. The highest BCUT2D eigenvalue weighted by molar-refractivity contribution is 14.0. The van der Waals surface area contributed by atoms with E-state index in [2.05, 4.69) is 20.9 Å². The molecule has 0 fully saturated rings. The van der Waals surface area contributed by atoms with Crippen LogP contribution >= 0.6 is 35.6 Å². The van der Waals surface area contributed by atoms with Gasteiger partial charge in [0.2, 0.25) is 5.91 Å². The lowest BCUT2D eigenvalue weighted by atomic mass is 10.2. The fourth-order valence-corrected chi connectivity index (χ4v) is 2.41. The number of guanidine groups is 1. The van der Waals surface area contributed by atoms with Gasteiger partial charge < -0.3 is 16.0 Å². The highest BCUT2D eigenvalue weighted by atomic mass is 127. The molecule has 27 heavy (non-hydrogen) atoms. The maximum atomic E-state index is 11.9. The van der Waals surface area contributed by atoms with Crippen LogP contribution in [0.25, 0.3) is 0 Å². The lowest BCUT2D eigenvalue weighted by Gasteiger charge is -2.11. The SMILES string of the molecule is CCNC(=NCc1ccc(Cl)cc1)NCCC(=O)NCc1ccccc1.I. The van der Waals surface area contributed by atoms with E-state index in [1.807, 2.05) is 61.5 Å². The average molecular weight is 501 g/mol. The molecule has 0 saturated carbocycles. The van der Waals surface area contributed by atoms with Crippen molar-refractivity contribution in [2.45, 2.75) is 26.4 Å². The van der Waals surface area contributed by atoms with Crippen molar-refractivity contribution < 1.29 is 4.79 Å². The zero-order chi connectivity index (χ0) is 18.6. The Morgan fingerprint density at radius 1 is 0.963 bits per heavy atom. The molecule has 146 valence electrons. The van der Waals surface area contributed by atoms with E-state index in [-0.39, 0.29) is 29.9 Å². The van der Waals surface area contributed by atoms with Gasteiger partial charge in [-0.15, -0.1) is 24.0 Å². The van der Waals surface area contributed by atoms with Crippen LogP contribution < -0.4 is 16.0 Å². The molecule has 0 aliphatic carbocycles. The Balaban J connectivity index is 0.00000364. The van der Waals surface area contributed by atoms with Crippen LogP contribution in [0.15, 0.2) is 59.6 Å². The lowest BCUT2D eigenvalue weighted by Crippen LogP contribution is -2.39. The molecule has 5 nitrogen and oxygen atoms in total. The summed E-state index contributed by atoms with van der Waals surface area (Å²) in [4.78, 5) is 16.5. The van der Waals surface area contributed by atoms with E-state index in [1.54, 1.807) is 0 Å². The molecule has 0 aromatic heterocycles. The predicted molar refractivity (Wildman–Crippen MR) is 123 cm³/mol. The second kappa shape index (κ2) is 13.4. The smallest absolute Gasteiger partial charge is 0.222 e. The number of halogens is 2. The van der Waals surface area contributed by atoms with Crippen molar-refractivity contribution in [2.24, 2.45) is 4.99 Å². The van der Waals surface area contributed by atoms with Crippen molar-refractivity contribution in [3.8, 4) is 0 Å². The summed E-state index contributed by atoms with van der Waals surface area (Å²) in [6.45, 7) is 4.38. The highest BCUT2D eigenvalue weighted by Crippen LogP contribution is 2.10. The third kappa shape index (κ3) is 9.63. The Morgan fingerprint density at radius 2 is 1.67 bits per heavy atom. The molecule has 0 atom stereocenters. The molecule has 7 heteroatoms. The molecule has 2 rings (SSSR count). The number of benzene rings is 2. The van der Waals surface area contributed by atoms with E-state index in [0.29, 0.717) is 37.0 Å². The molecule has 0 aliphatic rings. The summed E-state index contributed by atoms with van der Waals surface area (Å²) in [5, 5.41) is 9.99. The first-order valence-electron chi connectivity index (χ1n) is 8.74. The van der Waals surface area contributed by atoms with Gasteiger partial charge in [-0.1, -0.05) is 54.1 Å². The van der Waals surface area contributed by atoms with Crippen molar-refractivity contribution in [1.82, 2.24) is 16.0 Å². The van der Waals surface area contributed by atoms with Crippen molar-refractivity contribution in [2.75, 3.05) is 13.1 Å². The second-order valence-electron chi connectivity index (χ2n) is 5.76. The van der Waals surface area contributed by atoms with E-state index in [1.165, 1.54) is 0 Å². The fourth-order valence-electron chi connectivity index (χ4n) is 2.28. The number of carbonyl (C=O) groups excluding carboxylic acids is 1. The number of hydrogen-bond donors (Lipinski definition) is 3. The maximum Gasteiger partial charge on any atom is 0.222 e. The second-order valence-corrected chi connectivity index (χ2v) is 6.20. The van der Waals surface area contributed by atoms with Crippen molar-refractivity contribution >= 4 is 47.4 Å². The third-order valence-electron chi connectivity index (χ3n) is 3.65. The van der Waals surface area contributed by atoms with Gasteiger partial charge in [0.05, 0.1) is 6.54 Å². The highest BCUT2D eigenvalue weighted by Gasteiger charge is 2.03. The summed E-state index contributed by atoms with van der Waals surface area (Å²) < 4.78 is 0. The molecule has 2 aromatic rings. The standard InChI is InChI=1S/C20H25ClN4O.HI/c1-2-22-20(25-15-17-8-10-18(21)11-9-17)23-13-12-19(26)24-14-16-6-4-3-5-7-16;/h3-11H,2,12-15H2,1H3,(H,24,26)(H2,22,23,25);1H. The number of carbonyl (C=O) groups is 1. The van der Waals surface area contributed by atoms with Gasteiger partial charge in [-0.3, -0.25) is 4.79 Å². The minimum Gasteiger partial charge on any atom is -0.357 e. The van der Waals surface area contributed by atoms with Crippen molar-refractivity contribution in [3.63, 3.8) is 0 Å². The molecule has 1 amide bonds. The summed E-state index contributed by atoms with van der Waals surface area (Å²) in [5.74, 6) is 0.702. The molecule has 0 radical (unpaired) electrons. The molecule has 0 bridgehead atoms. The zero-order valence-electron chi connectivity index (χ0n) is 15.4. The van der Waals surface area contributed by atoms with Gasteiger partial charge >= 0.3 is 0 Å². The van der Waals surface area contributed by atoms with Crippen LogP contribution in [0.3, 0.4) is 0 Å². The molecular formula is C20H26ClIN4O. The maximum absolute atomic E-state index is 11.9. The number of nitrogens with one attached hydrogen (secondary N) is 3. The van der Waals surface area contributed by atoms with Crippen LogP contribution in [0.5, 0.6) is 0 Å². The molecular weight excluding hydrogens is 475 g/mol. The molecule has 0 unspecified atom stereocenters. The Morgan fingerprint density at radius 3 is 2.33 bits per heavy atom. The first kappa shape index (κ1) is 23.2. The summed E-state index contributed by atoms with van der Waals surface area (Å²) in [5.41, 5.74) is 2.17. The minimum absolute atomic E-state index is 0. The van der Waals surface area contributed by atoms with E-state index in [0.717, 1.165) is 17.7 Å². The van der Waals surface area contributed by atoms with Crippen LogP contribution in [-0.4, -0.2) is 25.0 Å². The summed E-state index contributed by atoms with van der Waals surface area (Å²) in [6.07, 6.45) is 0.387. The van der Waals surface area contributed by atoms with E-state index < -0.39 is 0 Å². The minimum atomic E-state index is 0. The molecule has 0 saturated heterocycles. The topological polar surface area (TPSA) is 65.5 Å². The third-order valence-corrected chi connectivity index (χ3v) is 3.91. The van der Waals surface area contributed by atoms with Gasteiger partial charge in [0.15, 0.2) is 5.96 Å². The number of rotatable bonds is 8. The summed E-state index contributed by atoms with van der Waals surface area (Å²) >= 11 is 5.89. The van der Waals surface area contributed by atoms with Gasteiger partial charge in [0.1, 0.15) is 0 Å². The Kier molecular flexibility index (Phi) is 11.5. The van der Waals surface area contributed by atoms with Crippen molar-refractivity contribution in [3.05, 3.63) is 70.7 Å². The molecule has 0 spiro atoms. The monoisotopic (exact) mass is 500 g/mol. The van der Waals surface area contributed by atoms with Gasteiger partial charge in [-0.2, -0.15) is 0 Å². The Labute approximate surface area is 183 Å². The molecule has 2 aromatic carbocycles. The van der Waals surface area contributed by atoms with E-state index in [4.69, 9.17) is 11.6 Å². The van der Waals surface area contributed by atoms with Gasteiger partial charge in [-0.25, -0.2) is 4.99 Å².